The third-order valence-electron chi connectivity index (χ3n) is 4.72. The van der Waals surface area contributed by atoms with Crippen molar-refractivity contribution in [3.8, 4) is 0 Å². The maximum absolute atomic E-state index is 10.4. The summed E-state index contributed by atoms with van der Waals surface area (Å²) in [4.78, 5) is 37.4. The highest BCUT2D eigenvalue weighted by molar-refractivity contribution is 7.11. The smallest absolute Gasteiger partial charge is 0.322 e. The number of hydrogen-bond acceptors (Lipinski definition) is 9. The SMILES string of the molecule is Cc1ccc(C[C@H](N)C(=O)O)nc1.Cc1ccc(C[C@H](N)C(=O)O)s1.Cc1cnn(C[C@H](N)C(=O)O)c1. The van der Waals surface area contributed by atoms with Gasteiger partial charge < -0.3 is 32.5 Å². The summed E-state index contributed by atoms with van der Waals surface area (Å²) in [7, 11) is 0. The highest BCUT2D eigenvalue weighted by Crippen LogP contribution is 2.16. The molecule has 37 heavy (non-hydrogen) atoms. The lowest BCUT2D eigenvalue weighted by Gasteiger charge is -2.05. The molecule has 3 atom stereocenters. The second kappa shape index (κ2) is 15.5. The van der Waals surface area contributed by atoms with Crippen LogP contribution in [0.2, 0.25) is 0 Å². The summed E-state index contributed by atoms with van der Waals surface area (Å²) >= 11 is 1.59. The number of nitrogens with two attached hydrogens (primary N) is 3. The molecule has 0 bridgehead atoms. The Kier molecular flexibility index (Phi) is 13.1. The monoisotopic (exact) mass is 534 g/mol. The molecule has 202 valence electrons. The minimum Gasteiger partial charge on any atom is -0.480 e. The number of carbonyl (C=O) groups is 3. The molecule has 0 fully saturated rings. The molecule has 0 aliphatic rings. The fourth-order valence-electron chi connectivity index (χ4n) is 2.68. The molecule has 0 aliphatic heterocycles. The number of aromatic nitrogens is 3. The van der Waals surface area contributed by atoms with E-state index in [9.17, 15) is 14.4 Å². The van der Waals surface area contributed by atoms with Crippen LogP contribution in [0.5, 0.6) is 0 Å². The van der Waals surface area contributed by atoms with E-state index in [2.05, 4.69) is 10.1 Å². The summed E-state index contributed by atoms with van der Waals surface area (Å²) in [6.07, 6.45) is 5.81. The van der Waals surface area contributed by atoms with Crippen LogP contribution >= 0.6 is 11.3 Å². The molecule has 12 nitrogen and oxygen atoms in total. The van der Waals surface area contributed by atoms with Gasteiger partial charge >= 0.3 is 17.9 Å². The summed E-state index contributed by atoms with van der Waals surface area (Å²) in [6.45, 7) is 6.01. The summed E-state index contributed by atoms with van der Waals surface area (Å²) < 4.78 is 1.52. The number of pyridine rings is 1. The van der Waals surface area contributed by atoms with Crippen molar-refractivity contribution in [1.29, 1.82) is 0 Å². The van der Waals surface area contributed by atoms with Gasteiger partial charge in [0.25, 0.3) is 0 Å². The van der Waals surface area contributed by atoms with Gasteiger partial charge in [-0.25, -0.2) is 0 Å². The molecule has 3 aromatic rings. The molecular formula is C24H34N6O6S. The van der Waals surface area contributed by atoms with E-state index in [1.165, 1.54) is 9.56 Å². The number of hydrogen-bond donors (Lipinski definition) is 6. The average Bonchev–Trinajstić information content (AvgIpc) is 3.43. The molecule has 3 heterocycles. The summed E-state index contributed by atoms with van der Waals surface area (Å²) in [6, 6.07) is 5.04. The fraction of sp³-hybridized carbons (Fsp3) is 0.375. The fourth-order valence-corrected chi connectivity index (χ4v) is 3.63. The van der Waals surface area contributed by atoms with Crippen LogP contribution in [-0.2, 0) is 33.8 Å². The third kappa shape index (κ3) is 12.7. The molecule has 3 aromatic heterocycles. The molecule has 13 heteroatoms. The van der Waals surface area contributed by atoms with E-state index in [4.69, 9.17) is 32.5 Å². The zero-order valence-corrected chi connectivity index (χ0v) is 21.8. The normalized spacial score (nSPS) is 12.7. The lowest BCUT2D eigenvalue weighted by molar-refractivity contribution is -0.139. The van der Waals surface area contributed by atoms with Crippen LogP contribution in [-0.4, -0.2) is 66.1 Å². The standard InChI is InChI=1S/C9H12N2O2.C8H11NO2S.C7H11N3O2/c1-6-2-3-7(11-5-6)4-8(10)9(12)13;1-5-2-3-6(12-5)4-7(9)8(10)11;1-5-2-9-10(3-5)4-6(8)7(11)12/h2-3,5,8H,4,10H2,1H3,(H,12,13);2-3,7H,4,9H2,1H3,(H,10,11);2-3,6H,4,8H2,1H3,(H,11,12)/t8-;7-;6-/m000/s1. The average molecular weight is 535 g/mol. The van der Waals surface area contributed by atoms with E-state index in [0.29, 0.717) is 12.1 Å². The van der Waals surface area contributed by atoms with Crippen LogP contribution in [0.4, 0.5) is 0 Å². The van der Waals surface area contributed by atoms with Crippen LogP contribution < -0.4 is 17.2 Å². The van der Waals surface area contributed by atoms with Crippen molar-refractivity contribution < 1.29 is 29.7 Å². The molecule has 0 spiro atoms. The highest BCUT2D eigenvalue weighted by atomic mass is 32.1. The maximum atomic E-state index is 10.4. The van der Waals surface area contributed by atoms with Crippen molar-refractivity contribution in [2.45, 2.75) is 58.3 Å². The van der Waals surface area contributed by atoms with Gasteiger partial charge in [-0.1, -0.05) is 6.07 Å². The molecule has 9 N–H and O–H groups in total. The molecule has 0 saturated heterocycles. The van der Waals surface area contributed by atoms with Crippen LogP contribution in [0.15, 0.2) is 42.9 Å². The quantitative estimate of drug-likeness (QED) is 0.227. The van der Waals surface area contributed by atoms with Crippen LogP contribution in [0.25, 0.3) is 0 Å². The first kappa shape index (κ1) is 31.4. The summed E-state index contributed by atoms with van der Waals surface area (Å²) in [5.41, 5.74) is 18.8. The molecule has 0 unspecified atom stereocenters. The molecule has 3 rings (SSSR count). The van der Waals surface area contributed by atoms with Gasteiger partial charge in [0, 0.05) is 40.7 Å². The molecule has 0 amide bonds. The third-order valence-corrected chi connectivity index (χ3v) is 5.74. The molecule has 0 aromatic carbocycles. The van der Waals surface area contributed by atoms with Gasteiger partial charge in [0.15, 0.2) is 0 Å². The highest BCUT2D eigenvalue weighted by Gasteiger charge is 2.13. The number of aryl methyl sites for hydroxylation is 3. The number of nitrogens with zero attached hydrogens (tertiary/aromatic N) is 3. The Morgan fingerprint density at radius 2 is 1.43 bits per heavy atom. The maximum Gasteiger partial charge on any atom is 0.322 e. The Balaban J connectivity index is 0.000000278. The van der Waals surface area contributed by atoms with Gasteiger partial charge in [0.2, 0.25) is 0 Å². The van der Waals surface area contributed by atoms with Crippen molar-refractivity contribution >= 4 is 29.2 Å². The predicted molar refractivity (Wildman–Crippen MR) is 139 cm³/mol. The second-order valence-corrected chi connectivity index (χ2v) is 9.69. The van der Waals surface area contributed by atoms with Crippen molar-refractivity contribution in [1.82, 2.24) is 14.8 Å². The zero-order valence-electron chi connectivity index (χ0n) is 20.9. The second-order valence-electron chi connectivity index (χ2n) is 8.32. The van der Waals surface area contributed by atoms with Gasteiger partial charge in [0.05, 0.1) is 12.7 Å². The summed E-state index contributed by atoms with van der Waals surface area (Å²) in [5, 5.41) is 29.5. The number of aliphatic carboxylic acids is 3. The van der Waals surface area contributed by atoms with Gasteiger partial charge in [0.1, 0.15) is 18.1 Å². The largest absolute Gasteiger partial charge is 0.480 e. The molecular weight excluding hydrogens is 500 g/mol. The zero-order chi connectivity index (χ0) is 28.1. The first-order valence-corrected chi connectivity index (χ1v) is 12.0. The minimum atomic E-state index is -1.01. The first-order chi connectivity index (χ1) is 17.3. The lowest BCUT2D eigenvalue weighted by Crippen LogP contribution is -2.34. The van der Waals surface area contributed by atoms with Crippen molar-refractivity contribution in [2.24, 2.45) is 17.2 Å². The van der Waals surface area contributed by atoms with Gasteiger partial charge in [-0.15, -0.1) is 11.3 Å². The van der Waals surface area contributed by atoms with Crippen molar-refractivity contribution in [3.05, 3.63) is 69.4 Å². The van der Waals surface area contributed by atoms with Crippen LogP contribution in [0, 0.1) is 20.8 Å². The molecule has 0 saturated carbocycles. The molecule has 0 aliphatic carbocycles. The van der Waals surface area contributed by atoms with E-state index in [1.807, 2.05) is 39.0 Å². The van der Waals surface area contributed by atoms with E-state index in [1.54, 1.807) is 36.0 Å². The number of thiophene rings is 1. The number of rotatable bonds is 9. The molecule has 0 radical (unpaired) electrons. The van der Waals surface area contributed by atoms with E-state index in [-0.39, 0.29) is 13.0 Å². The Labute approximate surface area is 218 Å². The first-order valence-electron chi connectivity index (χ1n) is 11.2. The lowest BCUT2D eigenvalue weighted by atomic mass is 10.1. The Bertz CT molecular complexity index is 1090. The van der Waals surface area contributed by atoms with Gasteiger partial charge in [-0.05, 0) is 50.1 Å². The topological polar surface area (TPSA) is 221 Å². The van der Waals surface area contributed by atoms with Crippen molar-refractivity contribution in [2.75, 3.05) is 0 Å². The Hall–Kier alpha value is -3.65. The van der Waals surface area contributed by atoms with E-state index < -0.39 is 36.0 Å². The van der Waals surface area contributed by atoms with E-state index in [0.717, 1.165) is 16.0 Å². The number of carboxylic acids is 3. The number of carboxylic acid groups (broad SMARTS) is 3. The van der Waals surface area contributed by atoms with Gasteiger partial charge in [-0.3, -0.25) is 24.0 Å². The predicted octanol–water partition coefficient (Wildman–Crippen LogP) is 0.959. The summed E-state index contributed by atoms with van der Waals surface area (Å²) in [5.74, 6) is -2.95. The van der Waals surface area contributed by atoms with Crippen LogP contribution in [0.3, 0.4) is 0 Å². The Morgan fingerprint density at radius 3 is 1.86 bits per heavy atom. The Morgan fingerprint density at radius 1 is 0.838 bits per heavy atom. The van der Waals surface area contributed by atoms with Gasteiger partial charge in [-0.2, -0.15) is 5.10 Å². The van der Waals surface area contributed by atoms with Crippen LogP contribution in [0.1, 0.15) is 26.6 Å². The van der Waals surface area contributed by atoms with Crippen molar-refractivity contribution in [3.63, 3.8) is 0 Å². The minimum absolute atomic E-state index is 0.211. The van der Waals surface area contributed by atoms with E-state index >= 15 is 0 Å².